The summed E-state index contributed by atoms with van der Waals surface area (Å²) in [6.45, 7) is 2.40. The van der Waals surface area contributed by atoms with Gasteiger partial charge in [0.1, 0.15) is 16.5 Å². The van der Waals surface area contributed by atoms with Crippen LogP contribution in [0.2, 0.25) is 0 Å². The molecule has 2 unspecified atom stereocenters. The molecule has 0 saturated carbocycles. The summed E-state index contributed by atoms with van der Waals surface area (Å²) in [5.41, 5.74) is 5.84. The Bertz CT molecular complexity index is 614. The summed E-state index contributed by atoms with van der Waals surface area (Å²) in [5, 5.41) is 0. The third-order valence-corrected chi connectivity index (χ3v) is 6.56. The predicted molar refractivity (Wildman–Crippen MR) is 79.2 cm³/mol. The molecule has 0 spiro atoms. The van der Waals surface area contributed by atoms with Crippen LogP contribution in [0.3, 0.4) is 0 Å². The minimum atomic E-state index is -4.02. The highest BCUT2D eigenvalue weighted by Crippen LogP contribution is 2.31. The zero-order chi connectivity index (χ0) is 15.8. The van der Waals surface area contributed by atoms with Crippen molar-refractivity contribution in [3.63, 3.8) is 0 Å². The smallest absolute Gasteiger partial charge is 0.247 e. The average molecular weight is 383 g/mol. The lowest BCUT2D eigenvalue weighted by molar-refractivity contribution is 0.242. The lowest BCUT2D eigenvalue weighted by Crippen LogP contribution is -2.45. The van der Waals surface area contributed by atoms with Gasteiger partial charge in [-0.1, -0.05) is 0 Å². The maximum atomic E-state index is 13.9. The van der Waals surface area contributed by atoms with Gasteiger partial charge in [-0.25, -0.2) is 17.2 Å². The molecule has 21 heavy (non-hydrogen) atoms. The number of halogens is 3. The normalized spacial score (nSPS) is 22.2. The molecular formula is C13H17BrF2N2O2S. The quantitative estimate of drug-likeness (QED) is 0.873. The van der Waals surface area contributed by atoms with Crippen molar-refractivity contribution < 1.29 is 17.2 Å². The number of hydrogen-bond donors (Lipinski definition) is 1. The second kappa shape index (κ2) is 6.28. The third-order valence-electron chi connectivity index (χ3n) is 3.73. The first kappa shape index (κ1) is 16.8. The second-order valence-electron chi connectivity index (χ2n) is 5.32. The maximum absolute atomic E-state index is 13.9. The predicted octanol–water partition coefficient (Wildman–Crippen LogP) is 2.48. The Morgan fingerprint density at radius 1 is 1.43 bits per heavy atom. The highest BCUT2D eigenvalue weighted by atomic mass is 79.9. The van der Waals surface area contributed by atoms with E-state index in [1.165, 1.54) is 4.31 Å². The van der Waals surface area contributed by atoms with Crippen LogP contribution in [0.5, 0.6) is 0 Å². The number of nitrogens with two attached hydrogens (primary N) is 1. The van der Waals surface area contributed by atoms with Crippen molar-refractivity contribution in [2.45, 2.75) is 30.7 Å². The van der Waals surface area contributed by atoms with Gasteiger partial charge in [-0.05, 0) is 47.7 Å². The molecule has 1 aliphatic rings. The van der Waals surface area contributed by atoms with Gasteiger partial charge in [0.05, 0.1) is 0 Å². The van der Waals surface area contributed by atoms with Crippen molar-refractivity contribution >= 4 is 26.0 Å². The highest BCUT2D eigenvalue weighted by Gasteiger charge is 2.34. The zero-order valence-corrected chi connectivity index (χ0v) is 13.9. The van der Waals surface area contributed by atoms with Crippen LogP contribution in [0.4, 0.5) is 8.78 Å². The summed E-state index contributed by atoms with van der Waals surface area (Å²) in [6.07, 6.45) is 1.52. The Balaban J connectivity index is 2.39. The summed E-state index contributed by atoms with van der Waals surface area (Å²) >= 11 is 2.93. The number of piperidine rings is 1. The van der Waals surface area contributed by atoms with E-state index in [9.17, 15) is 17.2 Å². The molecule has 1 aromatic rings. The average Bonchev–Trinajstić information content (AvgIpc) is 2.37. The molecule has 2 rings (SSSR count). The first-order valence-electron chi connectivity index (χ1n) is 6.63. The van der Waals surface area contributed by atoms with Crippen LogP contribution >= 0.6 is 15.9 Å². The fourth-order valence-electron chi connectivity index (χ4n) is 2.53. The van der Waals surface area contributed by atoms with Crippen molar-refractivity contribution in [1.29, 1.82) is 0 Å². The van der Waals surface area contributed by atoms with Gasteiger partial charge in [-0.15, -0.1) is 0 Å². The fourth-order valence-corrected chi connectivity index (χ4v) is 5.17. The molecule has 0 aliphatic carbocycles. The Morgan fingerprint density at radius 3 is 2.67 bits per heavy atom. The van der Waals surface area contributed by atoms with E-state index in [0.717, 1.165) is 12.5 Å². The van der Waals surface area contributed by atoms with E-state index >= 15 is 0 Å². The largest absolute Gasteiger partial charge is 0.328 e. The molecule has 1 heterocycles. The van der Waals surface area contributed by atoms with E-state index in [2.05, 4.69) is 15.9 Å². The Labute approximate surface area is 131 Å². The fraction of sp³-hybridized carbons (Fsp3) is 0.538. The Hall–Kier alpha value is -0.570. The molecule has 0 bridgehead atoms. The van der Waals surface area contributed by atoms with Gasteiger partial charge in [0.15, 0.2) is 0 Å². The number of hydrogen-bond acceptors (Lipinski definition) is 3. The van der Waals surface area contributed by atoms with Gasteiger partial charge in [0, 0.05) is 29.7 Å². The van der Waals surface area contributed by atoms with Gasteiger partial charge < -0.3 is 5.73 Å². The summed E-state index contributed by atoms with van der Waals surface area (Å²) in [6, 6.07) is 1.39. The van der Waals surface area contributed by atoms with E-state index in [-0.39, 0.29) is 23.0 Å². The van der Waals surface area contributed by atoms with Crippen molar-refractivity contribution in [2.24, 2.45) is 11.7 Å². The summed E-state index contributed by atoms with van der Waals surface area (Å²) < 4.78 is 53.4. The van der Waals surface area contributed by atoms with E-state index in [1.54, 1.807) is 0 Å². The van der Waals surface area contributed by atoms with E-state index in [4.69, 9.17) is 5.73 Å². The second-order valence-corrected chi connectivity index (χ2v) is 8.05. The highest BCUT2D eigenvalue weighted by molar-refractivity contribution is 9.10. The van der Waals surface area contributed by atoms with Gasteiger partial charge in [0.25, 0.3) is 0 Å². The van der Waals surface area contributed by atoms with E-state index in [1.807, 2.05) is 6.92 Å². The molecule has 1 saturated heterocycles. The number of sulfonamides is 1. The molecule has 1 aliphatic heterocycles. The van der Waals surface area contributed by atoms with Gasteiger partial charge in [-0.3, -0.25) is 0 Å². The Kier molecular flexibility index (Phi) is 5.02. The molecule has 0 aromatic heterocycles. The van der Waals surface area contributed by atoms with Crippen molar-refractivity contribution in [3.05, 3.63) is 28.2 Å². The maximum Gasteiger partial charge on any atom is 0.247 e. The molecule has 2 atom stereocenters. The summed E-state index contributed by atoms with van der Waals surface area (Å²) in [4.78, 5) is -0.519. The van der Waals surface area contributed by atoms with E-state index < -0.39 is 26.6 Å². The van der Waals surface area contributed by atoms with Gasteiger partial charge in [-0.2, -0.15) is 4.31 Å². The minimum Gasteiger partial charge on any atom is -0.328 e. The molecule has 2 N–H and O–H groups in total. The van der Waals surface area contributed by atoms with Gasteiger partial charge >= 0.3 is 0 Å². The molecule has 4 nitrogen and oxygen atoms in total. The summed E-state index contributed by atoms with van der Waals surface area (Å²) in [5.74, 6) is -1.88. The molecule has 0 radical (unpaired) electrons. The van der Waals surface area contributed by atoms with Crippen molar-refractivity contribution in [2.75, 3.05) is 13.1 Å². The number of benzene rings is 1. The number of nitrogens with zero attached hydrogens (tertiary/aromatic N) is 1. The van der Waals surface area contributed by atoms with Crippen LogP contribution in [0, 0.1) is 17.6 Å². The van der Waals surface area contributed by atoms with Crippen LogP contribution in [-0.2, 0) is 10.0 Å². The van der Waals surface area contributed by atoms with Crippen molar-refractivity contribution in [3.8, 4) is 0 Å². The SMILES string of the molecule is CC(N)C1CCCN(S(=O)(=O)c2c(F)cc(F)cc2Br)C1. The topological polar surface area (TPSA) is 63.4 Å². The molecule has 0 amide bonds. The standard InChI is InChI=1S/C13H17BrF2N2O2S/c1-8(17)9-3-2-4-18(7-9)21(19,20)13-11(14)5-10(15)6-12(13)16/h5-6,8-9H,2-4,7,17H2,1H3. The molecule has 118 valence electrons. The van der Waals surface area contributed by atoms with Crippen LogP contribution < -0.4 is 5.73 Å². The van der Waals surface area contributed by atoms with Crippen LogP contribution in [0.25, 0.3) is 0 Å². The lowest BCUT2D eigenvalue weighted by atomic mass is 9.93. The molecular weight excluding hydrogens is 366 g/mol. The molecule has 1 fully saturated rings. The number of rotatable bonds is 3. The van der Waals surface area contributed by atoms with Crippen molar-refractivity contribution in [1.82, 2.24) is 4.31 Å². The Morgan fingerprint density at radius 2 is 2.10 bits per heavy atom. The molecule has 8 heteroatoms. The van der Waals surface area contributed by atoms with Crippen LogP contribution in [0.15, 0.2) is 21.5 Å². The van der Waals surface area contributed by atoms with Crippen LogP contribution in [-0.4, -0.2) is 31.9 Å². The third kappa shape index (κ3) is 3.44. The zero-order valence-electron chi connectivity index (χ0n) is 11.5. The summed E-state index contributed by atoms with van der Waals surface area (Å²) in [7, 11) is -4.02. The minimum absolute atomic E-state index is 0.0378. The lowest BCUT2D eigenvalue weighted by Gasteiger charge is -2.34. The van der Waals surface area contributed by atoms with Gasteiger partial charge in [0.2, 0.25) is 10.0 Å². The van der Waals surface area contributed by atoms with Crippen LogP contribution in [0.1, 0.15) is 19.8 Å². The first-order valence-corrected chi connectivity index (χ1v) is 8.87. The molecule has 1 aromatic carbocycles. The monoisotopic (exact) mass is 382 g/mol. The first-order chi connectivity index (χ1) is 9.73. The van der Waals surface area contributed by atoms with E-state index in [0.29, 0.717) is 19.0 Å².